The van der Waals surface area contributed by atoms with Crippen LogP contribution >= 0.6 is 11.6 Å². The molecule has 0 saturated heterocycles. The molecule has 0 spiro atoms. The maximum Gasteiger partial charge on any atom is 0.131 e. The van der Waals surface area contributed by atoms with Gasteiger partial charge in [0.25, 0.3) is 0 Å². The first-order chi connectivity index (χ1) is 9.51. The average Bonchev–Trinajstić information content (AvgIpc) is 2.41. The molecule has 1 unspecified atom stereocenters. The summed E-state index contributed by atoms with van der Waals surface area (Å²) in [5.74, 6) is 0.118. The zero-order valence-electron chi connectivity index (χ0n) is 11.5. The maximum atomic E-state index is 14.0. The fourth-order valence-corrected chi connectivity index (χ4v) is 2.41. The molecular weight excluding hydrogens is 277 g/mol. The van der Waals surface area contributed by atoms with Crippen LogP contribution in [0.5, 0.6) is 5.75 Å². The fourth-order valence-electron chi connectivity index (χ4n) is 2.10. The third kappa shape index (κ3) is 3.30. The highest BCUT2D eigenvalue weighted by atomic mass is 35.5. The van der Waals surface area contributed by atoms with Gasteiger partial charge in [-0.3, -0.25) is 0 Å². The van der Waals surface area contributed by atoms with E-state index in [0.717, 1.165) is 11.1 Å². The van der Waals surface area contributed by atoms with Gasteiger partial charge in [0.2, 0.25) is 0 Å². The summed E-state index contributed by atoms with van der Waals surface area (Å²) in [6.45, 7) is 1.97. The largest absolute Gasteiger partial charge is 0.497 e. The zero-order chi connectivity index (χ0) is 14.7. The molecule has 0 fully saturated rings. The number of halogens is 2. The van der Waals surface area contributed by atoms with Crippen LogP contribution in [0.1, 0.15) is 22.7 Å². The van der Waals surface area contributed by atoms with Gasteiger partial charge in [-0.2, -0.15) is 0 Å². The van der Waals surface area contributed by atoms with Crippen LogP contribution in [0.15, 0.2) is 36.4 Å². The number of ether oxygens (including phenoxy) is 1. The van der Waals surface area contributed by atoms with Crippen molar-refractivity contribution < 1.29 is 9.13 Å². The van der Waals surface area contributed by atoms with Crippen LogP contribution in [-0.4, -0.2) is 7.11 Å². The SMILES string of the molecule is COc1ccc(C(N)Cc2ccc(C)cc2Cl)c(F)c1. The summed E-state index contributed by atoms with van der Waals surface area (Å²) in [4.78, 5) is 0. The van der Waals surface area contributed by atoms with Gasteiger partial charge in [-0.25, -0.2) is 4.39 Å². The summed E-state index contributed by atoms with van der Waals surface area (Å²) in [6.07, 6.45) is 0.488. The van der Waals surface area contributed by atoms with Crippen molar-refractivity contribution in [1.82, 2.24) is 0 Å². The number of methoxy groups -OCH3 is 1. The lowest BCUT2D eigenvalue weighted by Crippen LogP contribution is -2.15. The monoisotopic (exact) mass is 293 g/mol. The number of hydrogen-bond donors (Lipinski definition) is 1. The van der Waals surface area contributed by atoms with Crippen molar-refractivity contribution >= 4 is 11.6 Å². The van der Waals surface area contributed by atoms with Crippen molar-refractivity contribution in [2.45, 2.75) is 19.4 Å². The summed E-state index contributed by atoms with van der Waals surface area (Å²) in [7, 11) is 1.50. The lowest BCUT2D eigenvalue weighted by atomic mass is 9.98. The Morgan fingerprint density at radius 1 is 1.25 bits per heavy atom. The van der Waals surface area contributed by atoms with Crippen molar-refractivity contribution in [1.29, 1.82) is 0 Å². The maximum absolute atomic E-state index is 14.0. The minimum atomic E-state index is -0.443. The molecule has 2 nitrogen and oxygen atoms in total. The minimum Gasteiger partial charge on any atom is -0.497 e. The van der Waals surface area contributed by atoms with E-state index in [1.807, 2.05) is 25.1 Å². The van der Waals surface area contributed by atoms with E-state index in [9.17, 15) is 4.39 Å². The summed E-state index contributed by atoms with van der Waals surface area (Å²) < 4.78 is 18.9. The van der Waals surface area contributed by atoms with E-state index in [0.29, 0.717) is 22.8 Å². The molecule has 106 valence electrons. The Balaban J connectivity index is 2.21. The molecule has 20 heavy (non-hydrogen) atoms. The van der Waals surface area contributed by atoms with Crippen molar-refractivity contribution in [3.63, 3.8) is 0 Å². The standard InChI is InChI=1S/C16H17ClFNO/c1-10-3-4-11(14(17)7-10)8-16(19)13-6-5-12(20-2)9-15(13)18/h3-7,9,16H,8,19H2,1-2H3. The summed E-state index contributed by atoms with van der Waals surface area (Å²) in [6, 6.07) is 10.0. The molecule has 2 aromatic carbocycles. The second kappa shape index (κ2) is 6.25. The molecule has 0 radical (unpaired) electrons. The van der Waals surface area contributed by atoms with Crippen molar-refractivity contribution in [2.24, 2.45) is 5.73 Å². The van der Waals surface area contributed by atoms with Crippen LogP contribution in [0.2, 0.25) is 5.02 Å². The normalized spacial score (nSPS) is 12.2. The first-order valence-corrected chi connectivity index (χ1v) is 6.73. The summed E-state index contributed by atoms with van der Waals surface area (Å²) >= 11 is 6.18. The second-order valence-corrected chi connectivity index (χ2v) is 5.20. The lowest BCUT2D eigenvalue weighted by Gasteiger charge is -2.15. The fraction of sp³-hybridized carbons (Fsp3) is 0.250. The van der Waals surface area contributed by atoms with Crippen LogP contribution in [0.25, 0.3) is 0 Å². The molecule has 2 N–H and O–H groups in total. The van der Waals surface area contributed by atoms with Gasteiger partial charge in [-0.1, -0.05) is 29.8 Å². The Morgan fingerprint density at radius 3 is 2.60 bits per heavy atom. The van der Waals surface area contributed by atoms with E-state index in [1.54, 1.807) is 12.1 Å². The first-order valence-electron chi connectivity index (χ1n) is 6.35. The van der Waals surface area contributed by atoms with E-state index in [1.165, 1.54) is 13.2 Å². The van der Waals surface area contributed by atoms with E-state index < -0.39 is 6.04 Å². The van der Waals surface area contributed by atoms with Gasteiger partial charge < -0.3 is 10.5 Å². The average molecular weight is 294 g/mol. The van der Waals surface area contributed by atoms with Gasteiger partial charge in [0, 0.05) is 22.7 Å². The van der Waals surface area contributed by atoms with Gasteiger partial charge in [0.15, 0.2) is 0 Å². The highest BCUT2D eigenvalue weighted by Crippen LogP contribution is 2.26. The number of rotatable bonds is 4. The van der Waals surface area contributed by atoms with Crippen LogP contribution in [0, 0.1) is 12.7 Å². The van der Waals surface area contributed by atoms with Crippen molar-refractivity contribution in [2.75, 3.05) is 7.11 Å². The topological polar surface area (TPSA) is 35.2 Å². The van der Waals surface area contributed by atoms with Gasteiger partial charge in [0.1, 0.15) is 11.6 Å². The molecule has 0 bridgehead atoms. The number of aryl methyl sites for hydroxylation is 1. The Morgan fingerprint density at radius 2 is 2.00 bits per heavy atom. The first kappa shape index (κ1) is 14.8. The van der Waals surface area contributed by atoms with E-state index >= 15 is 0 Å². The third-order valence-electron chi connectivity index (χ3n) is 3.26. The molecule has 0 aromatic heterocycles. The predicted octanol–water partition coefficient (Wildman–Crippen LogP) is 4.04. The van der Waals surface area contributed by atoms with E-state index in [4.69, 9.17) is 22.1 Å². The molecule has 0 saturated carbocycles. The molecule has 4 heteroatoms. The minimum absolute atomic E-state index is 0.361. The molecule has 0 amide bonds. The van der Waals surface area contributed by atoms with Crippen LogP contribution in [-0.2, 0) is 6.42 Å². The van der Waals surface area contributed by atoms with E-state index in [-0.39, 0.29) is 5.82 Å². The Hall–Kier alpha value is -1.58. The Bertz CT molecular complexity index is 615. The Labute approximate surface area is 123 Å². The zero-order valence-corrected chi connectivity index (χ0v) is 12.2. The molecular formula is C16H17ClFNO. The molecule has 1 atom stereocenters. The number of hydrogen-bond acceptors (Lipinski definition) is 2. The van der Waals surface area contributed by atoms with Crippen LogP contribution < -0.4 is 10.5 Å². The quantitative estimate of drug-likeness (QED) is 0.923. The molecule has 0 aliphatic carbocycles. The van der Waals surface area contributed by atoms with Gasteiger partial charge >= 0.3 is 0 Å². The third-order valence-corrected chi connectivity index (χ3v) is 3.61. The summed E-state index contributed by atoms with van der Waals surface area (Å²) in [5.41, 5.74) is 8.55. The molecule has 2 aromatic rings. The smallest absolute Gasteiger partial charge is 0.131 e. The van der Waals surface area contributed by atoms with Crippen molar-refractivity contribution in [3.05, 3.63) is 63.9 Å². The number of benzene rings is 2. The van der Waals surface area contributed by atoms with Gasteiger partial charge in [-0.15, -0.1) is 0 Å². The molecule has 2 rings (SSSR count). The van der Waals surface area contributed by atoms with Gasteiger partial charge in [0.05, 0.1) is 7.11 Å². The van der Waals surface area contributed by atoms with E-state index in [2.05, 4.69) is 0 Å². The highest BCUT2D eigenvalue weighted by molar-refractivity contribution is 6.31. The predicted molar refractivity (Wildman–Crippen MR) is 79.8 cm³/mol. The highest BCUT2D eigenvalue weighted by Gasteiger charge is 2.14. The van der Waals surface area contributed by atoms with Gasteiger partial charge in [-0.05, 0) is 36.6 Å². The second-order valence-electron chi connectivity index (χ2n) is 4.79. The number of nitrogens with two attached hydrogens (primary N) is 1. The molecule has 0 aliphatic rings. The molecule has 0 aliphatic heterocycles. The lowest BCUT2D eigenvalue weighted by molar-refractivity contribution is 0.410. The Kier molecular flexibility index (Phi) is 4.63. The van der Waals surface area contributed by atoms with Crippen LogP contribution in [0.3, 0.4) is 0 Å². The van der Waals surface area contributed by atoms with Crippen LogP contribution in [0.4, 0.5) is 4.39 Å². The summed E-state index contributed by atoms with van der Waals surface area (Å²) in [5, 5.41) is 0.661. The molecule has 0 heterocycles. The van der Waals surface area contributed by atoms with Crippen molar-refractivity contribution in [3.8, 4) is 5.75 Å².